The second kappa shape index (κ2) is 12.8. The molecule has 0 saturated carbocycles. The second-order valence-electron chi connectivity index (χ2n) is 11.9. The van der Waals surface area contributed by atoms with E-state index < -0.39 is 41.1 Å². The third-order valence-corrected chi connectivity index (χ3v) is 8.86. The van der Waals surface area contributed by atoms with Crippen molar-refractivity contribution in [2.75, 3.05) is 17.2 Å². The van der Waals surface area contributed by atoms with E-state index in [1.165, 1.54) is 21.6 Å². The standard InChI is InChI=1S/C34H33N5O6S/c1-34(2,3)45-33(43)37-25-29(41)39-26(31(42)44-27(21-11-6-4-7-12-21)22-13-8-5-9-14-22)24(20-46-30(25)39)19-23-15-18-38(28(23)40)32-35-16-10-17-36-32/h4-14,16-17,19,25,27,30H,15,18,20H2,1-3H3,(H,37,43)/b23-19+/t25-,30-/m1/s1. The van der Waals surface area contributed by atoms with Gasteiger partial charge in [-0.2, -0.15) is 0 Å². The molecule has 236 valence electrons. The number of aromatic nitrogens is 2. The van der Waals surface area contributed by atoms with Gasteiger partial charge < -0.3 is 14.8 Å². The Balaban J connectivity index is 1.34. The van der Waals surface area contributed by atoms with Gasteiger partial charge in [0, 0.05) is 30.3 Å². The molecule has 46 heavy (non-hydrogen) atoms. The number of thioether (sulfide) groups is 1. The number of fused-ring (bicyclic) bond motifs is 1. The van der Waals surface area contributed by atoms with E-state index in [-0.39, 0.29) is 11.6 Å². The fourth-order valence-corrected chi connectivity index (χ4v) is 6.81. The van der Waals surface area contributed by atoms with Gasteiger partial charge in [0.2, 0.25) is 5.95 Å². The normalized spacial score (nSPS) is 20.5. The van der Waals surface area contributed by atoms with Crippen LogP contribution >= 0.6 is 11.8 Å². The lowest BCUT2D eigenvalue weighted by molar-refractivity contribution is -0.153. The zero-order valence-corrected chi connectivity index (χ0v) is 26.4. The molecule has 0 radical (unpaired) electrons. The number of hydrogen-bond acceptors (Lipinski definition) is 9. The third-order valence-electron chi connectivity index (χ3n) is 7.56. The molecular formula is C34H33N5O6S. The molecule has 2 atom stereocenters. The molecule has 3 aromatic rings. The Morgan fingerprint density at radius 3 is 2.22 bits per heavy atom. The fourth-order valence-electron chi connectivity index (χ4n) is 5.50. The maximum absolute atomic E-state index is 14.2. The van der Waals surface area contributed by atoms with Crippen molar-refractivity contribution in [2.24, 2.45) is 0 Å². The summed E-state index contributed by atoms with van der Waals surface area (Å²) in [5, 5.41) is 2.09. The van der Waals surface area contributed by atoms with Crippen molar-refractivity contribution < 1.29 is 28.7 Å². The minimum atomic E-state index is -0.894. The summed E-state index contributed by atoms with van der Waals surface area (Å²) in [6.45, 7) is 5.59. The molecule has 3 amide bonds. The van der Waals surface area contributed by atoms with Gasteiger partial charge in [0.1, 0.15) is 22.7 Å². The number of carbonyl (C=O) groups excluding carboxylic acids is 4. The second-order valence-corrected chi connectivity index (χ2v) is 13.0. The van der Waals surface area contributed by atoms with E-state index in [4.69, 9.17) is 9.47 Å². The van der Waals surface area contributed by atoms with Crippen LogP contribution in [0.5, 0.6) is 0 Å². The number of esters is 1. The van der Waals surface area contributed by atoms with Crippen molar-refractivity contribution in [1.29, 1.82) is 0 Å². The Morgan fingerprint density at radius 1 is 0.978 bits per heavy atom. The topological polar surface area (TPSA) is 131 Å². The van der Waals surface area contributed by atoms with Crippen LogP contribution in [0.2, 0.25) is 0 Å². The molecule has 6 rings (SSSR count). The predicted octanol–water partition coefficient (Wildman–Crippen LogP) is 4.54. The van der Waals surface area contributed by atoms with Gasteiger partial charge in [0.25, 0.3) is 11.8 Å². The number of alkyl carbamates (subject to hydrolysis) is 1. The van der Waals surface area contributed by atoms with E-state index in [0.29, 0.717) is 35.8 Å². The summed E-state index contributed by atoms with van der Waals surface area (Å²) in [4.78, 5) is 65.0. The van der Waals surface area contributed by atoms with Crippen molar-refractivity contribution >= 4 is 41.6 Å². The van der Waals surface area contributed by atoms with Crippen LogP contribution < -0.4 is 10.2 Å². The van der Waals surface area contributed by atoms with Crippen LogP contribution in [0.4, 0.5) is 10.7 Å². The van der Waals surface area contributed by atoms with Crippen LogP contribution in [0.1, 0.15) is 44.4 Å². The van der Waals surface area contributed by atoms with Crippen LogP contribution in [0.25, 0.3) is 0 Å². The summed E-state index contributed by atoms with van der Waals surface area (Å²) < 4.78 is 11.6. The molecule has 0 bridgehead atoms. The average molecular weight is 640 g/mol. The number of nitrogens with one attached hydrogen (secondary N) is 1. The lowest BCUT2D eigenvalue weighted by atomic mass is 10.00. The maximum atomic E-state index is 14.2. The minimum absolute atomic E-state index is 0.0440. The molecule has 2 aromatic carbocycles. The number of hydrogen-bond donors (Lipinski definition) is 1. The van der Waals surface area contributed by atoms with E-state index in [9.17, 15) is 19.2 Å². The summed E-state index contributed by atoms with van der Waals surface area (Å²) in [5.41, 5.74) is 1.75. The molecule has 1 aromatic heterocycles. The predicted molar refractivity (Wildman–Crippen MR) is 171 cm³/mol. The monoisotopic (exact) mass is 639 g/mol. The maximum Gasteiger partial charge on any atom is 0.408 e. The SMILES string of the molecule is CC(C)(C)OC(=O)N[C@@H]1C(=O)N2C(C(=O)OC(c3ccccc3)c3ccccc3)=C(/C=C3\CCN(c4ncccn4)C3=O)CS[C@H]12. The molecule has 11 nitrogen and oxygen atoms in total. The number of benzene rings is 2. The minimum Gasteiger partial charge on any atom is -0.448 e. The summed E-state index contributed by atoms with van der Waals surface area (Å²) >= 11 is 1.38. The Labute approximate surface area is 270 Å². The van der Waals surface area contributed by atoms with E-state index >= 15 is 0 Å². The molecule has 1 N–H and O–H groups in total. The molecule has 0 spiro atoms. The van der Waals surface area contributed by atoms with Crippen LogP contribution in [0.15, 0.2) is 102 Å². The third kappa shape index (κ3) is 6.38. The van der Waals surface area contributed by atoms with E-state index in [2.05, 4.69) is 15.3 Å². The largest absolute Gasteiger partial charge is 0.448 e. The van der Waals surface area contributed by atoms with Crippen molar-refractivity contribution in [3.05, 3.63) is 113 Å². The van der Waals surface area contributed by atoms with E-state index in [1.807, 2.05) is 60.7 Å². The first-order valence-corrected chi connectivity index (χ1v) is 15.9. The zero-order valence-electron chi connectivity index (χ0n) is 25.6. The van der Waals surface area contributed by atoms with Crippen LogP contribution in [-0.2, 0) is 23.9 Å². The van der Waals surface area contributed by atoms with Gasteiger partial charge in [-0.25, -0.2) is 19.6 Å². The van der Waals surface area contributed by atoms with Crippen molar-refractivity contribution in [3.63, 3.8) is 0 Å². The zero-order chi connectivity index (χ0) is 32.4. The first-order valence-electron chi connectivity index (χ1n) is 14.9. The number of nitrogens with zero attached hydrogens (tertiary/aromatic N) is 4. The molecule has 2 fully saturated rings. The molecule has 3 aliphatic rings. The highest BCUT2D eigenvalue weighted by Crippen LogP contribution is 2.42. The van der Waals surface area contributed by atoms with Gasteiger partial charge in [-0.1, -0.05) is 60.7 Å². The Kier molecular flexibility index (Phi) is 8.63. The molecule has 2 saturated heterocycles. The smallest absolute Gasteiger partial charge is 0.408 e. The number of anilines is 1. The molecule has 0 unspecified atom stereocenters. The number of rotatable bonds is 7. The summed E-state index contributed by atoms with van der Waals surface area (Å²) in [6.07, 6.45) is 3.74. The highest BCUT2D eigenvalue weighted by atomic mass is 32.2. The van der Waals surface area contributed by atoms with Gasteiger partial charge in [0.05, 0.1) is 0 Å². The number of carbonyl (C=O) groups is 4. The molecule has 3 aliphatic heterocycles. The number of amides is 3. The number of allylic oxidation sites excluding steroid dienone is 1. The molecule has 12 heteroatoms. The lowest BCUT2D eigenvalue weighted by Crippen LogP contribution is -2.70. The first-order chi connectivity index (χ1) is 22.1. The van der Waals surface area contributed by atoms with Crippen LogP contribution in [0.3, 0.4) is 0 Å². The lowest BCUT2D eigenvalue weighted by Gasteiger charge is -2.49. The quantitative estimate of drug-likeness (QED) is 0.225. The highest BCUT2D eigenvalue weighted by molar-refractivity contribution is 8.00. The summed E-state index contributed by atoms with van der Waals surface area (Å²) in [5.74, 6) is -0.869. The fraction of sp³-hybridized carbons (Fsp3) is 0.294. The van der Waals surface area contributed by atoms with Gasteiger partial charge in [-0.15, -0.1) is 11.8 Å². The average Bonchev–Trinajstić information content (AvgIpc) is 3.41. The Morgan fingerprint density at radius 2 is 1.61 bits per heavy atom. The molecule has 0 aliphatic carbocycles. The van der Waals surface area contributed by atoms with Crippen LogP contribution in [0, 0.1) is 0 Å². The summed E-state index contributed by atoms with van der Waals surface area (Å²) in [6, 6.07) is 19.5. The van der Waals surface area contributed by atoms with Crippen molar-refractivity contribution in [2.45, 2.75) is 50.3 Å². The van der Waals surface area contributed by atoms with E-state index in [1.54, 1.807) is 45.3 Å². The van der Waals surface area contributed by atoms with Gasteiger partial charge in [-0.3, -0.25) is 19.4 Å². The van der Waals surface area contributed by atoms with Crippen molar-refractivity contribution in [3.8, 4) is 0 Å². The van der Waals surface area contributed by atoms with Gasteiger partial charge in [-0.05, 0) is 56.0 Å². The Hall–Kier alpha value is -4.97. The van der Waals surface area contributed by atoms with Gasteiger partial charge in [0.15, 0.2) is 6.10 Å². The van der Waals surface area contributed by atoms with Crippen LogP contribution in [-0.4, -0.2) is 68.1 Å². The first kappa shape index (κ1) is 31.0. The highest BCUT2D eigenvalue weighted by Gasteiger charge is 2.55. The van der Waals surface area contributed by atoms with Crippen molar-refractivity contribution in [1.82, 2.24) is 20.2 Å². The molecular weight excluding hydrogens is 606 g/mol. The van der Waals surface area contributed by atoms with E-state index in [0.717, 1.165) is 11.1 Å². The van der Waals surface area contributed by atoms with Gasteiger partial charge >= 0.3 is 12.1 Å². The number of ether oxygens (including phenoxy) is 2. The Bertz CT molecular complexity index is 1670. The number of β-lactam (4-membered cyclic amide) rings is 1. The molecule has 4 heterocycles. The summed E-state index contributed by atoms with van der Waals surface area (Å²) in [7, 11) is 0.